The number of nitrogens with zero attached hydrogens (tertiary/aromatic N) is 3. The van der Waals surface area contributed by atoms with Gasteiger partial charge in [0.05, 0.1) is 0 Å². The summed E-state index contributed by atoms with van der Waals surface area (Å²) in [6.07, 6.45) is 1.69. The number of rotatable bonds is 2. The van der Waals surface area contributed by atoms with Crippen molar-refractivity contribution in [3.63, 3.8) is 0 Å². The summed E-state index contributed by atoms with van der Waals surface area (Å²) in [4.78, 5) is 20.8. The number of aryl methyl sites for hydroxylation is 1. The van der Waals surface area contributed by atoms with Gasteiger partial charge in [0, 0.05) is 43.1 Å². The van der Waals surface area contributed by atoms with Crippen molar-refractivity contribution < 1.29 is 4.79 Å². The Morgan fingerprint density at radius 2 is 1.91 bits per heavy atom. The third kappa shape index (κ3) is 3.22. The molecule has 0 unspecified atom stereocenters. The van der Waals surface area contributed by atoms with Gasteiger partial charge in [0.2, 0.25) is 0 Å². The predicted molar refractivity (Wildman–Crippen MR) is 88.5 cm³/mol. The zero-order valence-electron chi connectivity index (χ0n) is 12.5. The van der Waals surface area contributed by atoms with E-state index in [9.17, 15) is 4.79 Å². The van der Waals surface area contributed by atoms with Crippen LogP contribution in [0.1, 0.15) is 16.1 Å². The maximum Gasteiger partial charge on any atom is 0.272 e. The molecule has 0 radical (unpaired) electrons. The van der Waals surface area contributed by atoms with Gasteiger partial charge in [-0.05, 0) is 42.8 Å². The molecular formula is C17H18ClN3O. The van der Waals surface area contributed by atoms with Crippen LogP contribution in [0.2, 0.25) is 5.02 Å². The molecule has 4 nitrogen and oxygen atoms in total. The van der Waals surface area contributed by atoms with Crippen molar-refractivity contribution >= 4 is 23.2 Å². The minimum atomic E-state index is 0.00874. The molecule has 3 rings (SSSR count). The first-order valence-electron chi connectivity index (χ1n) is 7.36. The molecule has 1 aliphatic heterocycles. The van der Waals surface area contributed by atoms with Gasteiger partial charge in [-0.2, -0.15) is 0 Å². The molecule has 2 aromatic rings. The molecule has 0 spiro atoms. The molecule has 0 bridgehead atoms. The summed E-state index contributed by atoms with van der Waals surface area (Å²) in [5, 5.41) is 0.736. The maximum atomic E-state index is 12.5. The van der Waals surface area contributed by atoms with Crippen LogP contribution in [0, 0.1) is 6.92 Å². The molecule has 1 aromatic heterocycles. The van der Waals surface area contributed by atoms with Crippen LogP contribution >= 0.6 is 11.6 Å². The van der Waals surface area contributed by atoms with Crippen molar-refractivity contribution in [1.29, 1.82) is 0 Å². The van der Waals surface area contributed by atoms with Gasteiger partial charge in [-0.25, -0.2) is 0 Å². The molecule has 1 saturated heterocycles. The molecule has 1 amide bonds. The van der Waals surface area contributed by atoms with E-state index in [2.05, 4.69) is 9.88 Å². The Morgan fingerprint density at radius 1 is 1.14 bits per heavy atom. The summed E-state index contributed by atoms with van der Waals surface area (Å²) in [5.41, 5.74) is 2.68. The zero-order chi connectivity index (χ0) is 15.5. The molecule has 0 N–H and O–H groups in total. The normalized spacial score (nSPS) is 15.0. The van der Waals surface area contributed by atoms with Crippen molar-refractivity contribution in [2.75, 3.05) is 31.1 Å². The van der Waals surface area contributed by atoms with Crippen molar-refractivity contribution in [3.8, 4) is 0 Å². The van der Waals surface area contributed by atoms with E-state index in [-0.39, 0.29) is 5.91 Å². The summed E-state index contributed by atoms with van der Waals surface area (Å²) >= 11 is 6.04. The Kier molecular flexibility index (Phi) is 4.29. The van der Waals surface area contributed by atoms with Crippen LogP contribution in [0.25, 0.3) is 0 Å². The number of benzene rings is 1. The summed E-state index contributed by atoms with van der Waals surface area (Å²) in [6.45, 7) is 4.97. The van der Waals surface area contributed by atoms with Crippen LogP contribution in [0.5, 0.6) is 0 Å². The lowest BCUT2D eigenvalue weighted by Crippen LogP contribution is -2.49. The van der Waals surface area contributed by atoms with Gasteiger partial charge < -0.3 is 9.80 Å². The molecule has 1 aliphatic rings. The molecule has 5 heteroatoms. The maximum absolute atomic E-state index is 12.5. The second-order valence-corrected chi connectivity index (χ2v) is 5.91. The summed E-state index contributed by atoms with van der Waals surface area (Å²) in [7, 11) is 0. The van der Waals surface area contributed by atoms with Gasteiger partial charge in [0.1, 0.15) is 5.69 Å². The van der Waals surface area contributed by atoms with Crippen molar-refractivity contribution in [2.45, 2.75) is 6.92 Å². The van der Waals surface area contributed by atoms with E-state index in [0.717, 1.165) is 29.4 Å². The molecule has 1 aromatic carbocycles. The van der Waals surface area contributed by atoms with Crippen molar-refractivity contribution in [1.82, 2.24) is 9.88 Å². The van der Waals surface area contributed by atoms with Crippen LogP contribution in [-0.4, -0.2) is 42.0 Å². The van der Waals surface area contributed by atoms with Gasteiger partial charge in [0.15, 0.2) is 0 Å². The molecular weight excluding hydrogens is 298 g/mol. The molecule has 0 atom stereocenters. The van der Waals surface area contributed by atoms with Crippen LogP contribution in [-0.2, 0) is 0 Å². The predicted octanol–water partition coefficient (Wildman–Crippen LogP) is 3.01. The van der Waals surface area contributed by atoms with Gasteiger partial charge in [-0.1, -0.05) is 17.7 Å². The molecule has 0 aliphatic carbocycles. The Balaban J connectivity index is 1.65. The fourth-order valence-corrected chi connectivity index (χ4v) is 2.84. The number of anilines is 1. The third-order valence-electron chi connectivity index (χ3n) is 3.87. The number of amides is 1. The minimum Gasteiger partial charge on any atom is -0.368 e. The topological polar surface area (TPSA) is 36.4 Å². The first-order valence-corrected chi connectivity index (χ1v) is 7.74. The highest BCUT2D eigenvalue weighted by molar-refractivity contribution is 6.30. The SMILES string of the molecule is Cc1ccnc(C(=O)N2CCN(c3cccc(Cl)c3)CC2)c1. The largest absolute Gasteiger partial charge is 0.368 e. The average Bonchev–Trinajstić information content (AvgIpc) is 2.54. The number of halogens is 1. The van der Waals surface area contributed by atoms with E-state index in [0.29, 0.717) is 18.8 Å². The third-order valence-corrected chi connectivity index (χ3v) is 4.11. The van der Waals surface area contributed by atoms with Crippen LogP contribution in [0.3, 0.4) is 0 Å². The van der Waals surface area contributed by atoms with E-state index in [1.54, 1.807) is 6.20 Å². The lowest BCUT2D eigenvalue weighted by atomic mass is 10.2. The molecule has 0 saturated carbocycles. The first kappa shape index (κ1) is 14.9. The van der Waals surface area contributed by atoms with E-state index >= 15 is 0 Å². The Morgan fingerprint density at radius 3 is 2.59 bits per heavy atom. The quantitative estimate of drug-likeness (QED) is 0.855. The fourth-order valence-electron chi connectivity index (χ4n) is 2.66. The number of piperazine rings is 1. The number of pyridine rings is 1. The monoisotopic (exact) mass is 315 g/mol. The van der Waals surface area contributed by atoms with Gasteiger partial charge in [-0.15, -0.1) is 0 Å². The van der Waals surface area contributed by atoms with Crippen LogP contribution in [0.4, 0.5) is 5.69 Å². The summed E-state index contributed by atoms with van der Waals surface area (Å²) in [6, 6.07) is 11.6. The van der Waals surface area contributed by atoms with Crippen LogP contribution in [0.15, 0.2) is 42.6 Å². The number of aromatic nitrogens is 1. The van der Waals surface area contributed by atoms with E-state index in [4.69, 9.17) is 11.6 Å². The fraction of sp³-hybridized carbons (Fsp3) is 0.294. The number of hydrogen-bond acceptors (Lipinski definition) is 3. The number of carbonyl (C=O) groups excluding carboxylic acids is 1. The lowest BCUT2D eigenvalue weighted by molar-refractivity contribution is 0.0741. The zero-order valence-corrected chi connectivity index (χ0v) is 13.3. The van der Waals surface area contributed by atoms with E-state index in [1.807, 2.05) is 48.2 Å². The van der Waals surface area contributed by atoms with E-state index in [1.165, 1.54) is 0 Å². The minimum absolute atomic E-state index is 0.00874. The smallest absolute Gasteiger partial charge is 0.272 e. The standard InChI is InChI=1S/C17H18ClN3O/c1-13-5-6-19-16(11-13)17(22)21-9-7-20(8-10-21)15-4-2-3-14(18)12-15/h2-6,11-12H,7-10H2,1H3. The van der Waals surface area contributed by atoms with Crippen LogP contribution < -0.4 is 4.90 Å². The van der Waals surface area contributed by atoms with Crippen molar-refractivity contribution in [2.24, 2.45) is 0 Å². The highest BCUT2D eigenvalue weighted by Crippen LogP contribution is 2.21. The van der Waals surface area contributed by atoms with Crippen molar-refractivity contribution in [3.05, 3.63) is 58.9 Å². The number of hydrogen-bond donors (Lipinski definition) is 0. The van der Waals surface area contributed by atoms with Gasteiger partial charge in [0.25, 0.3) is 5.91 Å². The highest BCUT2D eigenvalue weighted by Gasteiger charge is 2.23. The Bertz CT molecular complexity index is 681. The Labute approximate surface area is 135 Å². The highest BCUT2D eigenvalue weighted by atomic mass is 35.5. The molecule has 22 heavy (non-hydrogen) atoms. The second kappa shape index (κ2) is 6.36. The van der Waals surface area contributed by atoms with E-state index < -0.39 is 0 Å². The average molecular weight is 316 g/mol. The summed E-state index contributed by atoms with van der Waals surface area (Å²) < 4.78 is 0. The molecule has 2 heterocycles. The Hall–Kier alpha value is -2.07. The molecule has 114 valence electrons. The van der Waals surface area contributed by atoms with Gasteiger partial charge >= 0.3 is 0 Å². The first-order chi connectivity index (χ1) is 10.6. The molecule has 1 fully saturated rings. The second-order valence-electron chi connectivity index (χ2n) is 5.48. The lowest BCUT2D eigenvalue weighted by Gasteiger charge is -2.36. The summed E-state index contributed by atoms with van der Waals surface area (Å²) in [5.74, 6) is 0.00874. The van der Waals surface area contributed by atoms with Gasteiger partial charge in [-0.3, -0.25) is 9.78 Å². The number of carbonyl (C=O) groups is 1.